The van der Waals surface area contributed by atoms with Crippen LogP contribution in [0.25, 0.3) is 0 Å². The van der Waals surface area contributed by atoms with E-state index < -0.39 is 0 Å². The van der Waals surface area contributed by atoms with Gasteiger partial charge >= 0.3 is 0 Å². The second-order valence-electron chi connectivity index (χ2n) is 4.10. The van der Waals surface area contributed by atoms with Gasteiger partial charge in [0.1, 0.15) is 11.5 Å². The highest BCUT2D eigenvalue weighted by Crippen LogP contribution is 2.38. The Morgan fingerprint density at radius 3 is 2.35 bits per heavy atom. The van der Waals surface area contributed by atoms with E-state index in [0.717, 1.165) is 20.9 Å². The van der Waals surface area contributed by atoms with Gasteiger partial charge in [-0.1, -0.05) is 29.3 Å². The number of nitrogens with two attached hydrogens (primary N) is 1. The summed E-state index contributed by atoms with van der Waals surface area (Å²) in [6.07, 6.45) is 0.823. The summed E-state index contributed by atoms with van der Waals surface area (Å²) in [4.78, 5) is 0. The van der Waals surface area contributed by atoms with Gasteiger partial charge in [-0.2, -0.15) is 0 Å². The fourth-order valence-electron chi connectivity index (χ4n) is 1.65. The van der Waals surface area contributed by atoms with E-state index in [0.29, 0.717) is 28.1 Å². The van der Waals surface area contributed by atoms with Gasteiger partial charge in [-0.25, -0.2) is 0 Å². The van der Waals surface area contributed by atoms with E-state index >= 15 is 0 Å². The van der Waals surface area contributed by atoms with Crippen LogP contribution in [0, 0.1) is 0 Å². The third-order valence-electron chi connectivity index (χ3n) is 2.62. The van der Waals surface area contributed by atoms with Crippen LogP contribution in [0.15, 0.2) is 39.3 Å². The quantitative estimate of drug-likeness (QED) is 0.610. The van der Waals surface area contributed by atoms with Gasteiger partial charge in [-0.15, -0.1) is 0 Å². The van der Waals surface area contributed by atoms with Crippen LogP contribution in [0.5, 0.6) is 11.5 Å². The molecule has 0 aliphatic heterocycles. The molecule has 2 nitrogen and oxygen atoms in total. The Hall–Kier alpha value is -0.260. The first-order chi connectivity index (χ1) is 9.51. The van der Waals surface area contributed by atoms with Gasteiger partial charge in [0.2, 0.25) is 0 Å². The van der Waals surface area contributed by atoms with E-state index in [2.05, 4.69) is 31.9 Å². The molecule has 20 heavy (non-hydrogen) atoms. The molecule has 106 valence electrons. The zero-order valence-corrected chi connectivity index (χ0v) is 15.0. The van der Waals surface area contributed by atoms with E-state index in [1.54, 1.807) is 12.1 Å². The molecule has 2 aromatic rings. The second kappa shape index (κ2) is 7.14. The van der Waals surface area contributed by atoms with Crippen molar-refractivity contribution in [3.63, 3.8) is 0 Å². The lowest BCUT2D eigenvalue weighted by Gasteiger charge is -2.11. The minimum atomic E-state index is 0.485. The minimum Gasteiger partial charge on any atom is -0.455 e. The fourth-order valence-corrected chi connectivity index (χ4v) is 2.99. The molecule has 0 atom stereocenters. The van der Waals surface area contributed by atoms with Crippen molar-refractivity contribution in [1.82, 2.24) is 0 Å². The Bertz CT molecular complexity index is 635. The first-order valence-corrected chi connectivity index (χ1v) is 8.16. The molecule has 2 rings (SSSR count). The van der Waals surface area contributed by atoms with Crippen molar-refractivity contribution in [3.8, 4) is 11.5 Å². The highest BCUT2D eigenvalue weighted by molar-refractivity contribution is 9.10. The Balaban J connectivity index is 2.28. The summed E-state index contributed by atoms with van der Waals surface area (Å²) in [5.74, 6) is 1.18. The van der Waals surface area contributed by atoms with Crippen LogP contribution < -0.4 is 10.5 Å². The van der Waals surface area contributed by atoms with Crippen molar-refractivity contribution in [2.24, 2.45) is 5.73 Å². The van der Waals surface area contributed by atoms with Crippen LogP contribution in [-0.4, -0.2) is 6.54 Å². The van der Waals surface area contributed by atoms with Gasteiger partial charge in [0.15, 0.2) is 0 Å². The van der Waals surface area contributed by atoms with Gasteiger partial charge in [0.25, 0.3) is 0 Å². The maximum atomic E-state index is 6.14. The molecular formula is C14H11Br2Cl2NO. The number of benzene rings is 2. The van der Waals surface area contributed by atoms with Crippen LogP contribution in [0.3, 0.4) is 0 Å². The fraction of sp³-hybridized carbons (Fsp3) is 0.143. The zero-order chi connectivity index (χ0) is 14.7. The Morgan fingerprint density at radius 2 is 1.70 bits per heavy atom. The third kappa shape index (κ3) is 3.89. The molecule has 0 aromatic heterocycles. The molecule has 0 radical (unpaired) electrons. The van der Waals surface area contributed by atoms with Crippen LogP contribution in [0.1, 0.15) is 5.56 Å². The van der Waals surface area contributed by atoms with Gasteiger partial charge in [-0.3, -0.25) is 0 Å². The number of hydrogen-bond acceptors (Lipinski definition) is 2. The highest BCUT2D eigenvalue weighted by Gasteiger charge is 2.10. The van der Waals surface area contributed by atoms with Gasteiger partial charge in [-0.05, 0) is 68.6 Å². The topological polar surface area (TPSA) is 35.2 Å². The standard InChI is InChI=1S/C14H11Br2Cl2NO/c15-9-6-12(18)14(7-11(9)17)20-13-2-1-8(3-4-19)5-10(13)16/h1-2,5-7H,3-4,19H2. The van der Waals surface area contributed by atoms with Crippen molar-refractivity contribution in [2.75, 3.05) is 6.54 Å². The Morgan fingerprint density at radius 1 is 0.950 bits per heavy atom. The van der Waals surface area contributed by atoms with Crippen molar-refractivity contribution >= 4 is 55.1 Å². The van der Waals surface area contributed by atoms with Crippen LogP contribution in [0.4, 0.5) is 0 Å². The second-order valence-corrected chi connectivity index (χ2v) is 6.63. The summed E-state index contributed by atoms with van der Waals surface area (Å²) in [6, 6.07) is 9.21. The smallest absolute Gasteiger partial charge is 0.147 e. The normalized spacial score (nSPS) is 10.7. The first kappa shape index (κ1) is 16.1. The monoisotopic (exact) mass is 437 g/mol. The molecule has 0 bridgehead atoms. The molecule has 0 unspecified atom stereocenters. The lowest BCUT2D eigenvalue weighted by Crippen LogP contribution is -2.02. The molecule has 0 aliphatic rings. The van der Waals surface area contributed by atoms with Crippen LogP contribution in [-0.2, 0) is 6.42 Å². The summed E-state index contributed by atoms with van der Waals surface area (Å²) >= 11 is 19.0. The number of hydrogen-bond donors (Lipinski definition) is 1. The van der Waals surface area contributed by atoms with E-state index in [-0.39, 0.29) is 0 Å². The van der Waals surface area contributed by atoms with E-state index in [9.17, 15) is 0 Å². The van der Waals surface area contributed by atoms with Crippen molar-refractivity contribution in [1.29, 1.82) is 0 Å². The minimum absolute atomic E-state index is 0.485. The molecule has 2 N–H and O–H groups in total. The molecular weight excluding hydrogens is 429 g/mol. The van der Waals surface area contributed by atoms with Gasteiger partial charge < -0.3 is 10.5 Å². The van der Waals surface area contributed by atoms with Crippen molar-refractivity contribution < 1.29 is 4.74 Å². The SMILES string of the molecule is NCCc1ccc(Oc2cc(Cl)c(Br)cc2Cl)c(Br)c1. The predicted molar refractivity (Wildman–Crippen MR) is 91.1 cm³/mol. The predicted octanol–water partition coefficient (Wildman–Crippen LogP) is 5.81. The van der Waals surface area contributed by atoms with E-state index in [4.69, 9.17) is 33.7 Å². The lowest BCUT2D eigenvalue weighted by molar-refractivity contribution is 0.479. The Kier molecular flexibility index (Phi) is 5.75. The number of halogens is 4. The average Bonchev–Trinajstić information content (AvgIpc) is 2.39. The molecule has 0 spiro atoms. The summed E-state index contributed by atoms with van der Waals surface area (Å²) in [6.45, 7) is 0.612. The maximum Gasteiger partial charge on any atom is 0.147 e. The maximum absolute atomic E-state index is 6.14. The number of rotatable bonds is 4. The van der Waals surface area contributed by atoms with Gasteiger partial charge in [0, 0.05) is 10.5 Å². The lowest BCUT2D eigenvalue weighted by atomic mass is 10.1. The van der Waals surface area contributed by atoms with Crippen molar-refractivity contribution in [2.45, 2.75) is 6.42 Å². The summed E-state index contributed by atoms with van der Waals surface area (Å²) < 4.78 is 7.37. The highest BCUT2D eigenvalue weighted by atomic mass is 79.9. The average molecular weight is 440 g/mol. The summed E-state index contributed by atoms with van der Waals surface area (Å²) in [7, 11) is 0. The van der Waals surface area contributed by atoms with Crippen LogP contribution in [0.2, 0.25) is 10.0 Å². The molecule has 2 aromatic carbocycles. The molecule has 0 saturated carbocycles. The molecule has 0 aliphatic carbocycles. The third-order valence-corrected chi connectivity index (χ3v) is 4.74. The molecule has 0 heterocycles. The first-order valence-electron chi connectivity index (χ1n) is 5.82. The van der Waals surface area contributed by atoms with E-state index in [1.807, 2.05) is 18.2 Å². The number of ether oxygens (including phenoxy) is 1. The van der Waals surface area contributed by atoms with Crippen molar-refractivity contribution in [3.05, 3.63) is 54.9 Å². The largest absolute Gasteiger partial charge is 0.455 e. The molecule has 0 saturated heterocycles. The molecule has 6 heteroatoms. The molecule has 0 fully saturated rings. The van der Waals surface area contributed by atoms with Gasteiger partial charge in [0.05, 0.1) is 14.5 Å². The summed E-state index contributed by atoms with van der Waals surface area (Å²) in [5, 5.41) is 1.03. The van der Waals surface area contributed by atoms with E-state index in [1.165, 1.54) is 0 Å². The zero-order valence-electron chi connectivity index (χ0n) is 10.3. The Labute approximate surface area is 144 Å². The molecule has 0 amide bonds. The van der Waals surface area contributed by atoms with Crippen LogP contribution >= 0.6 is 55.1 Å². The summed E-state index contributed by atoms with van der Waals surface area (Å²) in [5.41, 5.74) is 6.68.